The van der Waals surface area contributed by atoms with E-state index in [-0.39, 0.29) is 34.5 Å². The number of thioether (sulfide) groups is 1. The van der Waals surface area contributed by atoms with Crippen molar-refractivity contribution in [2.45, 2.75) is 31.4 Å². The minimum absolute atomic E-state index is 0.00676. The lowest BCUT2D eigenvalue weighted by molar-refractivity contribution is -0.150. The van der Waals surface area contributed by atoms with Crippen molar-refractivity contribution in [3.05, 3.63) is 22.3 Å². The first-order valence-corrected chi connectivity index (χ1v) is 11.5. The van der Waals surface area contributed by atoms with Crippen LogP contribution in [-0.2, 0) is 33.5 Å². The third-order valence-electron chi connectivity index (χ3n) is 4.62. The highest BCUT2D eigenvalue weighted by molar-refractivity contribution is 8.00. The van der Waals surface area contributed by atoms with Crippen LogP contribution in [0.3, 0.4) is 0 Å². The van der Waals surface area contributed by atoms with Crippen LogP contribution in [0, 0.1) is 0 Å². The summed E-state index contributed by atoms with van der Waals surface area (Å²) < 4.78 is 4.87. The molecule has 5 N–H and O–H groups in total. The fourth-order valence-electron chi connectivity index (χ4n) is 2.97. The Morgan fingerprint density at radius 1 is 1.38 bits per heavy atom. The van der Waals surface area contributed by atoms with Crippen molar-refractivity contribution in [1.82, 2.24) is 15.2 Å². The molecular weight excluding hydrogens is 494 g/mol. The van der Waals surface area contributed by atoms with Gasteiger partial charge in [-0.2, -0.15) is 0 Å². The van der Waals surface area contributed by atoms with Crippen LogP contribution in [0.2, 0.25) is 0 Å². The number of esters is 1. The predicted molar refractivity (Wildman–Crippen MR) is 118 cm³/mol. The maximum atomic E-state index is 12.9. The molecule has 182 valence electrons. The topological polar surface area (TPSA) is 211 Å². The number of amides is 2. The molecule has 0 radical (unpaired) electrons. The van der Waals surface area contributed by atoms with E-state index in [1.807, 2.05) is 0 Å². The first kappa shape index (κ1) is 25.0. The Balaban J connectivity index is 1.80. The Bertz CT molecular complexity index is 1120. The number of oxime groups is 1. The van der Waals surface area contributed by atoms with Crippen molar-refractivity contribution in [3.63, 3.8) is 0 Å². The number of nitrogen functional groups attached to an aromatic ring is 1. The van der Waals surface area contributed by atoms with Crippen LogP contribution >= 0.6 is 23.1 Å². The molecule has 0 spiro atoms. The number of rotatable bonds is 9. The van der Waals surface area contributed by atoms with Crippen molar-refractivity contribution in [1.29, 1.82) is 0 Å². The number of aliphatic carboxylic acids is 2. The van der Waals surface area contributed by atoms with Gasteiger partial charge in [0.05, 0.1) is 0 Å². The number of aromatic nitrogens is 1. The number of ether oxygens (including phenoxy) is 1. The molecule has 0 aliphatic carbocycles. The van der Waals surface area contributed by atoms with E-state index in [9.17, 15) is 29.1 Å². The SMILES string of the molecule is CC(=O)OCC1=C(C(=O)O)N2C(=O)C(NC(=O)/C(=N\O[C@@H](C)C(=O)O)c3csc(N)n3)[C@H]2SC1. The molecule has 16 heteroatoms. The lowest BCUT2D eigenvalue weighted by Crippen LogP contribution is -2.71. The Labute approximate surface area is 199 Å². The van der Waals surface area contributed by atoms with Crippen LogP contribution in [0.15, 0.2) is 21.8 Å². The van der Waals surface area contributed by atoms with Gasteiger partial charge in [-0.1, -0.05) is 5.16 Å². The van der Waals surface area contributed by atoms with Crippen LogP contribution in [0.5, 0.6) is 0 Å². The van der Waals surface area contributed by atoms with Gasteiger partial charge in [0.15, 0.2) is 10.8 Å². The zero-order valence-electron chi connectivity index (χ0n) is 17.7. The highest BCUT2D eigenvalue weighted by Gasteiger charge is 2.54. The summed E-state index contributed by atoms with van der Waals surface area (Å²) in [7, 11) is 0. The Morgan fingerprint density at radius 3 is 2.65 bits per heavy atom. The molecule has 1 unspecified atom stereocenters. The zero-order valence-corrected chi connectivity index (χ0v) is 19.3. The van der Waals surface area contributed by atoms with Crippen molar-refractivity contribution in [2.75, 3.05) is 18.1 Å². The van der Waals surface area contributed by atoms with Gasteiger partial charge in [0, 0.05) is 23.6 Å². The molecule has 1 aromatic rings. The summed E-state index contributed by atoms with van der Waals surface area (Å²) in [5.74, 6) is -4.73. The number of nitrogens with two attached hydrogens (primary N) is 1. The van der Waals surface area contributed by atoms with Gasteiger partial charge < -0.3 is 30.8 Å². The van der Waals surface area contributed by atoms with Crippen molar-refractivity contribution in [2.24, 2.45) is 5.16 Å². The normalized spacial score (nSPS) is 20.7. The van der Waals surface area contributed by atoms with Crippen LogP contribution in [0.25, 0.3) is 0 Å². The minimum atomic E-state index is -1.37. The monoisotopic (exact) mass is 513 g/mol. The summed E-state index contributed by atoms with van der Waals surface area (Å²) >= 11 is 2.18. The second-order valence-electron chi connectivity index (χ2n) is 7.00. The average Bonchev–Trinajstić information content (AvgIpc) is 3.20. The van der Waals surface area contributed by atoms with Gasteiger partial charge in [-0.05, 0) is 6.92 Å². The van der Waals surface area contributed by atoms with Crippen molar-refractivity contribution >= 4 is 63.7 Å². The fraction of sp³-hybridized carbons (Fsp3) is 0.389. The third kappa shape index (κ3) is 5.12. The van der Waals surface area contributed by atoms with Crippen LogP contribution < -0.4 is 11.1 Å². The second kappa shape index (κ2) is 10.1. The fourth-order valence-corrected chi connectivity index (χ4v) is 4.85. The number of carboxylic acid groups (broad SMARTS) is 2. The van der Waals surface area contributed by atoms with E-state index in [0.29, 0.717) is 0 Å². The number of thiazole rings is 1. The van der Waals surface area contributed by atoms with Crippen molar-refractivity contribution in [3.8, 4) is 0 Å². The van der Waals surface area contributed by atoms with Crippen LogP contribution in [0.4, 0.5) is 5.13 Å². The molecule has 0 bridgehead atoms. The van der Waals surface area contributed by atoms with Gasteiger partial charge in [0.1, 0.15) is 29.4 Å². The molecule has 34 heavy (non-hydrogen) atoms. The van der Waals surface area contributed by atoms with Gasteiger partial charge in [-0.15, -0.1) is 23.1 Å². The number of carboxylic acids is 2. The molecule has 0 aromatic carbocycles. The molecule has 0 saturated carbocycles. The maximum Gasteiger partial charge on any atom is 0.352 e. The van der Waals surface area contributed by atoms with Gasteiger partial charge in [-0.3, -0.25) is 19.3 Å². The smallest absolute Gasteiger partial charge is 0.352 e. The largest absolute Gasteiger partial charge is 0.478 e. The summed E-state index contributed by atoms with van der Waals surface area (Å²) in [6, 6.07) is -1.10. The maximum absolute atomic E-state index is 12.9. The first-order chi connectivity index (χ1) is 16.0. The van der Waals surface area contributed by atoms with Crippen LogP contribution in [0.1, 0.15) is 19.5 Å². The lowest BCUT2D eigenvalue weighted by Gasteiger charge is -2.49. The van der Waals surface area contributed by atoms with Gasteiger partial charge in [-0.25, -0.2) is 14.6 Å². The Morgan fingerprint density at radius 2 is 2.09 bits per heavy atom. The molecule has 2 aliphatic heterocycles. The quantitative estimate of drug-likeness (QED) is 0.139. The summed E-state index contributed by atoms with van der Waals surface area (Å²) in [6.45, 7) is 2.10. The highest BCUT2D eigenvalue weighted by atomic mass is 32.2. The first-order valence-electron chi connectivity index (χ1n) is 9.53. The van der Waals surface area contributed by atoms with E-state index < -0.39 is 53.0 Å². The molecular formula is C18H19N5O9S2. The summed E-state index contributed by atoms with van der Waals surface area (Å²) in [5.41, 5.74) is 5.14. The number of anilines is 1. The van der Waals surface area contributed by atoms with Gasteiger partial charge >= 0.3 is 17.9 Å². The van der Waals surface area contributed by atoms with E-state index in [1.54, 1.807) is 0 Å². The molecule has 3 atom stereocenters. The number of hydrogen-bond donors (Lipinski definition) is 4. The lowest BCUT2D eigenvalue weighted by atomic mass is 10.0. The molecule has 1 fully saturated rings. The zero-order chi connectivity index (χ0) is 25.2. The van der Waals surface area contributed by atoms with Gasteiger partial charge in [0.25, 0.3) is 11.8 Å². The van der Waals surface area contributed by atoms with E-state index in [1.165, 1.54) is 31.0 Å². The predicted octanol–water partition coefficient (Wildman–Crippen LogP) is -0.779. The molecule has 2 aliphatic rings. The van der Waals surface area contributed by atoms with Gasteiger partial charge in [0.2, 0.25) is 6.10 Å². The van der Waals surface area contributed by atoms with E-state index in [4.69, 9.17) is 20.4 Å². The Kier molecular flexibility index (Phi) is 7.41. The van der Waals surface area contributed by atoms with Crippen molar-refractivity contribution < 1.29 is 43.8 Å². The number of β-lactam (4-membered cyclic amide) rings is 1. The summed E-state index contributed by atoms with van der Waals surface area (Å²) in [6.07, 6.45) is -1.37. The molecule has 2 amide bonds. The standard InChI is InChI=1S/C18H19N5O9S2/c1-6(16(27)28)32-22-10(9-5-34-18(19)20-9)13(25)21-11-14(26)23-12(17(29)30)8(3-31-7(2)24)4-33-15(11)23/h5-6,11,15H,3-4H2,1-2H3,(H2,19,20)(H,21,25)(H,27,28)(H,29,30)/b22-10-/t6-,11?,15+/m0/s1. The molecule has 14 nitrogen and oxygen atoms in total. The van der Waals surface area contributed by atoms with E-state index in [0.717, 1.165) is 16.2 Å². The number of fused-ring (bicyclic) bond motifs is 1. The Hall–Kier alpha value is -3.66. The number of carbonyl (C=O) groups excluding carboxylic acids is 3. The molecule has 3 heterocycles. The number of carbonyl (C=O) groups is 5. The second-order valence-corrected chi connectivity index (χ2v) is 8.99. The third-order valence-corrected chi connectivity index (χ3v) is 6.63. The number of nitrogens with zero attached hydrogens (tertiary/aromatic N) is 3. The molecule has 3 rings (SSSR count). The van der Waals surface area contributed by atoms with E-state index >= 15 is 0 Å². The summed E-state index contributed by atoms with van der Waals surface area (Å²) in [5, 5.41) is 25.4. The molecule has 1 aromatic heterocycles. The average molecular weight is 514 g/mol. The summed E-state index contributed by atoms with van der Waals surface area (Å²) in [4.78, 5) is 69.3. The number of nitrogens with one attached hydrogen (secondary N) is 1. The molecule has 1 saturated heterocycles. The van der Waals surface area contributed by atoms with E-state index in [2.05, 4.69) is 15.5 Å². The van der Waals surface area contributed by atoms with Crippen LogP contribution in [-0.4, -0.2) is 85.4 Å². The number of hydrogen-bond acceptors (Lipinski definition) is 12. The minimum Gasteiger partial charge on any atom is -0.478 e. The highest BCUT2D eigenvalue weighted by Crippen LogP contribution is 2.40.